The molecule has 0 saturated carbocycles. The molecule has 2 aromatic rings. The Morgan fingerprint density at radius 1 is 1.05 bits per heavy atom. The molecule has 0 amide bonds. The van der Waals surface area contributed by atoms with Crippen LogP contribution in [-0.2, 0) is 5.41 Å². The van der Waals surface area contributed by atoms with Gasteiger partial charge in [0.05, 0.1) is 5.69 Å². The molecule has 3 heteroatoms. The van der Waals surface area contributed by atoms with E-state index in [1.807, 2.05) is 6.07 Å². The predicted octanol–water partition coefficient (Wildman–Crippen LogP) is 4.27. The summed E-state index contributed by atoms with van der Waals surface area (Å²) in [5, 5.41) is 4.00. The number of nitrogens with zero attached hydrogens (tertiary/aromatic N) is 1. The van der Waals surface area contributed by atoms with Crippen LogP contribution in [-0.4, -0.2) is 0 Å². The smallest absolute Gasteiger partial charge is 0.0575 e. The van der Waals surface area contributed by atoms with Crippen LogP contribution in [0.25, 0.3) is 10.8 Å². The van der Waals surface area contributed by atoms with E-state index in [1.165, 1.54) is 16.3 Å². The fraction of sp³-hybridized carbons (Fsp3) is 0.368. The molecule has 0 saturated heterocycles. The zero-order chi connectivity index (χ0) is 16.5. The highest BCUT2D eigenvalue weighted by Gasteiger charge is 2.14. The van der Waals surface area contributed by atoms with E-state index in [-0.39, 0.29) is 11.3 Å². The van der Waals surface area contributed by atoms with Gasteiger partial charge in [-0.1, -0.05) is 58.9 Å². The molecule has 0 bridgehead atoms. The van der Waals surface area contributed by atoms with Crippen molar-refractivity contribution < 1.29 is 0 Å². The summed E-state index contributed by atoms with van der Waals surface area (Å²) in [5.74, 6) is 6.40. The number of hydrazine groups is 1. The Morgan fingerprint density at radius 2 is 1.68 bits per heavy atom. The van der Waals surface area contributed by atoms with E-state index in [0.29, 0.717) is 0 Å². The fourth-order valence-corrected chi connectivity index (χ4v) is 2.25. The van der Waals surface area contributed by atoms with Gasteiger partial charge < -0.3 is 5.73 Å². The summed E-state index contributed by atoms with van der Waals surface area (Å²) < 4.78 is 0. The van der Waals surface area contributed by atoms with Gasteiger partial charge in [-0.3, -0.25) is 5.01 Å². The van der Waals surface area contributed by atoms with Crippen LogP contribution in [0.5, 0.6) is 0 Å². The monoisotopic (exact) mass is 297 g/mol. The first-order chi connectivity index (χ1) is 10.2. The Bertz CT molecular complexity index is 693. The Morgan fingerprint density at radius 3 is 2.27 bits per heavy atom. The van der Waals surface area contributed by atoms with Crippen LogP contribution in [0.4, 0.5) is 5.69 Å². The fourth-order valence-electron chi connectivity index (χ4n) is 2.25. The van der Waals surface area contributed by atoms with Crippen LogP contribution < -0.4 is 16.6 Å². The Kier molecular flexibility index (Phi) is 4.47. The van der Waals surface area contributed by atoms with Crippen LogP contribution in [0.15, 0.2) is 48.3 Å². The van der Waals surface area contributed by atoms with E-state index >= 15 is 0 Å². The molecule has 0 atom stereocenters. The first kappa shape index (κ1) is 16.4. The molecule has 2 aromatic carbocycles. The molecule has 3 nitrogen and oxygen atoms in total. The number of nitrogens with two attached hydrogens (primary N) is 2. The average Bonchev–Trinajstić information content (AvgIpc) is 2.44. The highest BCUT2D eigenvalue weighted by Crippen LogP contribution is 2.28. The second-order valence-corrected chi connectivity index (χ2v) is 7.19. The predicted molar refractivity (Wildman–Crippen MR) is 96.4 cm³/mol. The zero-order valence-electron chi connectivity index (χ0n) is 14.2. The Hall–Kier alpha value is -2.00. The lowest BCUT2D eigenvalue weighted by Gasteiger charge is -2.20. The quantitative estimate of drug-likeness (QED) is 0.657. The van der Waals surface area contributed by atoms with Crippen molar-refractivity contribution in [3.63, 3.8) is 0 Å². The summed E-state index contributed by atoms with van der Waals surface area (Å²) in [7, 11) is 0. The molecule has 0 fully saturated rings. The van der Waals surface area contributed by atoms with Crippen LogP contribution in [0, 0.1) is 5.92 Å². The van der Waals surface area contributed by atoms with E-state index in [2.05, 4.69) is 65.0 Å². The maximum absolute atomic E-state index is 6.13. The lowest BCUT2D eigenvalue weighted by molar-refractivity contribution is 0.591. The maximum Gasteiger partial charge on any atom is 0.0575 e. The highest BCUT2D eigenvalue weighted by molar-refractivity contribution is 5.86. The minimum Gasteiger partial charge on any atom is -0.401 e. The van der Waals surface area contributed by atoms with Gasteiger partial charge in [0, 0.05) is 11.9 Å². The van der Waals surface area contributed by atoms with Crippen LogP contribution >= 0.6 is 0 Å². The molecule has 22 heavy (non-hydrogen) atoms. The third kappa shape index (κ3) is 3.60. The van der Waals surface area contributed by atoms with Gasteiger partial charge in [-0.25, -0.2) is 5.84 Å². The number of benzene rings is 2. The molecule has 118 valence electrons. The highest BCUT2D eigenvalue weighted by atomic mass is 15.4. The molecule has 0 spiro atoms. The summed E-state index contributed by atoms with van der Waals surface area (Å²) in [5.41, 5.74) is 9.14. The molecule has 0 aliphatic rings. The Labute approximate surface area is 133 Å². The molecule has 0 aromatic heterocycles. The van der Waals surface area contributed by atoms with Crippen molar-refractivity contribution in [2.24, 2.45) is 17.5 Å². The van der Waals surface area contributed by atoms with Crippen molar-refractivity contribution in [1.29, 1.82) is 0 Å². The van der Waals surface area contributed by atoms with Crippen molar-refractivity contribution in [3.05, 3.63) is 53.9 Å². The van der Waals surface area contributed by atoms with E-state index in [4.69, 9.17) is 11.6 Å². The van der Waals surface area contributed by atoms with Crippen LogP contribution in [0.2, 0.25) is 0 Å². The molecule has 0 aliphatic carbocycles. The molecule has 0 aliphatic heterocycles. The van der Waals surface area contributed by atoms with Gasteiger partial charge in [0.2, 0.25) is 0 Å². The van der Waals surface area contributed by atoms with Crippen molar-refractivity contribution in [2.45, 2.75) is 40.0 Å². The van der Waals surface area contributed by atoms with E-state index in [9.17, 15) is 0 Å². The van der Waals surface area contributed by atoms with Gasteiger partial charge >= 0.3 is 0 Å². The second-order valence-electron chi connectivity index (χ2n) is 7.19. The summed E-state index contributed by atoms with van der Waals surface area (Å²) in [6.07, 6.45) is 1.79. The van der Waals surface area contributed by atoms with Crippen molar-refractivity contribution in [2.75, 3.05) is 5.01 Å². The molecule has 4 N–H and O–H groups in total. The van der Waals surface area contributed by atoms with Crippen molar-refractivity contribution in [1.82, 2.24) is 0 Å². The van der Waals surface area contributed by atoms with Crippen molar-refractivity contribution >= 4 is 16.5 Å². The number of allylic oxidation sites excluding steroid dienone is 1. The first-order valence-corrected chi connectivity index (χ1v) is 7.74. The minimum atomic E-state index is 0.134. The minimum absolute atomic E-state index is 0.134. The van der Waals surface area contributed by atoms with Gasteiger partial charge in [0.25, 0.3) is 0 Å². The maximum atomic E-state index is 6.13. The summed E-state index contributed by atoms with van der Waals surface area (Å²) in [6, 6.07) is 12.8. The molecular formula is C19H27N3. The van der Waals surface area contributed by atoms with Gasteiger partial charge in [-0.2, -0.15) is 0 Å². The number of hydrogen-bond acceptors (Lipinski definition) is 3. The molecule has 2 rings (SSSR count). The van der Waals surface area contributed by atoms with Crippen LogP contribution in [0.3, 0.4) is 0 Å². The number of hydrogen-bond donors (Lipinski definition) is 2. The average molecular weight is 297 g/mol. The topological polar surface area (TPSA) is 55.3 Å². The molecular weight excluding hydrogens is 270 g/mol. The summed E-state index contributed by atoms with van der Waals surface area (Å²) in [4.78, 5) is 0. The standard InChI is InChI=1S/C19H27N3/c1-13(2)18(20)12-22(21)17-9-7-14-6-8-16(19(3,4)5)10-15(14)11-17/h6-13H,20-21H2,1-5H3/b18-12-. The number of fused-ring (bicyclic) bond motifs is 1. The van der Waals surface area contributed by atoms with E-state index in [0.717, 1.165) is 11.4 Å². The van der Waals surface area contributed by atoms with Crippen molar-refractivity contribution in [3.8, 4) is 0 Å². The van der Waals surface area contributed by atoms with Crippen LogP contribution in [0.1, 0.15) is 40.2 Å². The zero-order valence-corrected chi connectivity index (χ0v) is 14.2. The number of rotatable bonds is 3. The van der Waals surface area contributed by atoms with Gasteiger partial charge in [-0.15, -0.1) is 0 Å². The number of anilines is 1. The van der Waals surface area contributed by atoms with E-state index in [1.54, 1.807) is 11.2 Å². The normalized spacial score (nSPS) is 13.0. The first-order valence-electron chi connectivity index (χ1n) is 7.74. The summed E-state index contributed by atoms with van der Waals surface area (Å²) in [6.45, 7) is 10.8. The molecule has 0 unspecified atom stereocenters. The van der Waals surface area contributed by atoms with E-state index < -0.39 is 0 Å². The SMILES string of the molecule is CC(C)/C(N)=C/N(N)c1ccc2ccc(C(C)(C)C)cc2c1. The third-order valence-electron chi connectivity index (χ3n) is 3.94. The largest absolute Gasteiger partial charge is 0.401 e. The molecule has 0 radical (unpaired) electrons. The summed E-state index contributed by atoms with van der Waals surface area (Å²) >= 11 is 0. The lowest BCUT2D eigenvalue weighted by atomic mass is 9.86. The molecule has 0 heterocycles. The van der Waals surface area contributed by atoms with Gasteiger partial charge in [0.1, 0.15) is 0 Å². The lowest BCUT2D eigenvalue weighted by Crippen LogP contribution is -2.26. The van der Waals surface area contributed by atoms with Gasteiger partial charge in [-0.05, 0) is 39.8 Å². The van der Waals surface area contributed by atoms with Gasteiger partial charge in [0.15, 0.2) is 0 Å². The third-order valence-corrected chi connectivity index (χ3v) is 3.94. The Balaban J connectivity index is 2.43. The second kappa shape index (κ2) is 6.01.